The van der Waals surface area contributed by atoms with E-state index >= 15 is 0 Å². The Bertz CT molecular complexity index is 3990. The standard InChI is InChI=1S/3C23H17FNO2.Ir/c3*24-22-13-14(15-6-1-3-10-20(15)26)12-19(25-22)18-9-5-8-17-16-7-2-4-11-21(16)27-23(17)18;/h3*2,4-5,7-8,11-13,15H,1,3,6,10H2;/q3*-1;+3. The van der Waals surface area contributed by atoms with E-state index in [0.29, 0.717) is 86.5 Å². The number of Topliss-reactive ketones (excluding diaryl/α,β-unsaturated/α-hetero) is 3. The molecule has 82 heavy (non-hydrogen) atoms. The first kappa shape index (κ1) is 54.2. The van der Waals surface area contributed by atoms with Crippen molar-refractivity contribution in [1.82, 2.24) is 15.0 Å². The molecule has 0 spiro atoms. The minimum absolute atomic E-state index is 0. The molecule has 3 aliphatic carbocycles. The molecule has 0 aliphatic heterocycles. The number of hydrogen-bond donors (Lipinski definition) is 0. The van der Waals surface area contributed by atoms with Crippen LogP contribution in [-0.4, -0.2) is 32.3 Å². The van der Waals surface area contributed by atoms with Crippen LogP contribution >= 0.6 is 0 Å². The molecule has 0 bridgehead atoms. The van der Waals surface area contributed by atoms with Gasteiger partial charge in [-0.1, -0.05) is 125 Å². The fraction of sp³-hybridized carbons (Fsp3) is 0.217. The fourth-order valence-corrected chi connectivity index (χ4v) is 12.2. The topological polar surface area (TPSA) is 129 Å². The second-order valence-electron chi connectivity index (χ2n) is 21.2. The maximum Gasteiger partial charge on any atom is 3.00 e. The summed E-state index contributed by atoms with van der Waals surface area (Å²) in [5, 5.41) is 5.84. The molecule has 408 valence electrons. The summed E-state index contributed by atoms with van der Waals surface area (Å²) in [5.74, 6) is -1.93. The number of nitrogens with zero attached hydrogens (tertiary/aromatic N) is 3. The van der Waals surface area contributed by atoms with Gasteiger partial charge in [0.05, 0.1) is 16.7 Å². The van der Waals surface area contributed by atoms with Crippen LogP contribution in [0.2, 0.25) is 0 Å². The molecule has 3 saturated carbocycles. The van der Waals surface area contributed by atoms with Crippen molar-refractivity contribution < 1.29 is 60.9 Å². The van der Waals surface area contributed by atoms with Crippen LogP contribution in [0.25, 0.3) is 99.6 Å². The number of rotatable bonds is 6. The van der Waals surface area contributed by atoms with Gasteiger partial charge in [0, 0.05) is 53.2 Å². The van der Waals surface area contributed by atoms with Gasteiger partial charge < -0.3 is 13.3 Å². The van der Waals surface area contributed by atoms with Crippen molar-refractivity contribution in [3.8, 4) is 33.8 Å². The second-order valence-corrected chi connectivity index (χ2v) is 21.2. The summed E-state index contributed by atoms with van der Waals surface area (Å²) in [5.41, 5.74) is 9.53. The first-order valence-electron chi connectivity index (χ1n) is 27.7. The van der Waals surface area contributed by atoms with E-state index in [2.05, 4.69) is 33.2 Å². The number of pyridine rings is 3. The van der Waals surface area contributed by atoms with E-state index in [4.69, 9.17) is 13.3 Å². The van der Waals surface area contributed by atoms with Crippen molar-refractivity contribution in [2.75, 3.05) is 0 Å². The molecule has 6 aromatic heterocycles. The van der Waals surface area contributed by atoms with Gasteiger partial charge in [0.25, 0.3) is 0 Å². The Kier molecular flexibility index (Phi) is 15.4. The molecule has 6 heterocycles. The summed E-state index contributed by atoms with van der Waals surface area (Å²) < 4.78 is 61.1. The predicted molar refractivity (Wildman–Crippen MR) is 306 cm³/mol. The van der Waals surface area contributed by atoms with Gasteiger partial charge in [-0.15, -0.1) is 54.6 Å². The molecule has 0 amide bonds. The number of halogens is 3. The van der Waals surface area contributed by atoms with Crippen molar-refractivity contribution in [2.24, 2.45) is 0 Å². The van der Waals surface area contributed by atoms with Crippen molar-refractivity contribution in [3.63, 3.8) is 0 Å². The maximum absolute atomic E-state index is 14.3. The van der Waals surface area contributed by atoms with E-state index in [1.807, 2.05) is 109 Å². The third kappa shape index (κ3) is 10.6. The Morgan fingerprint density at radius 1 is 0.378 bits per heavy atom. The van der Waals surface area contributed by atoms with Gasteiger partial charge in [0.15, 0.2) is 0 Å². The Hall–Kier alpha value is -8.38. The van der Waals surface area contributed by atoms with Crippen molar-refractivity contribution in [1.29, 1.82) is 0 Å². The zero-order valence-electron chi connectivity index (χ0n) is 44.3. The molecule has 0 N–H and O–H groups in total. The van der Waals surface area contributed by atoms with Crippen LogP contribution in [0.1, 0.15) is 111 Å². The summed E-state index contributed by atoms with van der Waals surface area (Å²) in [7, 11) is 0. The Balaban J connectivity index is 0.000000121. The largest absolute Gasteiger partial charge is 3.00 e. The van der Waals surface area contributed by atoms with E-state index in [0.717, 1.165) is 107 Å². The average molecular weight is 1270 g/mol. The Morgan fingerprint density at radius 3 is 0.963 bits per heavy atom. The van der Waals surface area contributed by atoms with Gasteiger partial charge in [-0.25, -0.2) is 0 Å². The van der Waals surface area contributed by atoms with Crippen LogP contribution in [0, 0.1) is 36.0 Å². The average Bonchev–Trinajstić information content (AvgIpc) is 4.39. The number of furan rings is 3. The number of carbonyl (C=O) groups is 3. The molecule has 3 atom stereocenters. The number of para-hydroxylation sites is 3. The third-order valence-corrected chi connectivity index (χ3v) is 16.1. The predicted octanol–water partition coefficient (Wildman–Crippen LogP) is 17.4. The van der Waals surface area contributed by atoms with Crippen molar-refractivity contribution in [2.45, 2.75) is 94.8 Å². The van der Waals surface area contributed by atoms with E-state index in [-0.39, 0.29) is 55.2 Å². The second kappa shape index (κ2) is 23.2. The van der Waals surface area contributed by atoms with Crippen molar-refractivity contribution in [3.05, 3.63) is 198 Å². The molecule has 6 aromatic carbocycles. The number of fused-ring (bicyclic) bond motifs is 9. The van der Waals surface area contributed by atoms with E-state index < -0.39 is 17.8 Å². The van der Waals surface area contributed by atoms with Crippen LogP contribution in [0.3, 0.4) is 0 Å². The van der Waals surface area contributed by atoms with E-state index in [9.17, 15) is 27.6 Å². The van der Waals surface area contributed by atoms with Crippen LogP contribution in [0.4, 0.5) is 13.2 Å². The third-order valence-electron chi connectivity index (χ3n) is 16.1. The van der Waals surface area contributed by atoms with Gasteiger partial charge in [-0.05, 0) is 109 Å². The number of carbonyl (C=O) groups excluding carboxylic acids is 3. The summed E-state index contributed by atoms with van der Waals surface area (Å²) in [6, 6.07) is 53.6. The monoisotopic (exact) mass is 1270 g/mol. The van der Waals surface area contributed by atoms with E-state index in [1.54, 1.807) is 18.2 Å². The van der Waals surface area contributed by atoms with Crippen LogP contribution in [0.15, 0.2) is 159 Å². The Labute approximate surface area is 483 Å². The minimum Gasteiger partial charge on any atom is -0.501 e. The molecule has 13 heteroatoms. The smallest absolute Gasteiger partial charge is 0.501 e. The molecule has 3 unspecified atom stereocenters. The number of benzene rings is 6. The summed E-state index contributed by atoms with van der Waals surface area (Å²) in [4.78, 5) is 49.2. The number of aromatic nitrogens is 3. The van der Waals surface area contributed by atoms with Gasteiger partial charge in [0.2, 0.25) is 17.8 Å². The molecule has 3 fully saturated rings. The number of hydrogen-bond acceptors (Lipinski definition) is 9. The molecule has 3 aliphatic rings. The molecule has 0 radical (unpaired) electrons. The molecular weight excluding hydrogens is 1220 g/mol. The van der Waals surface area contributed by atoms with Gasteiger partial charge in [-0.2, -0.15) is 13.2 Å². The summed E-state index contributed by atoms with van der Waals surface area (Å²) >= 11 is 0. The summed E-state index contributed by atoms with van der Waals surface area (Å²) in [6.07, 6.45) is 9.70. The summed E-state index contributed by atoms with van der Waals surface area (Å²) in [6.45, 7) is 0. The van der Waals surface area contributed by atoms with Crippen LogP contribution < -0.4 is 0 Å². The van der Waals surface area contributed by atoms with Gasteiger partial charge in [0.1, 0.15) is 34.1 Å². The molecular formula is C69H51F3IrN3O6. The molecule has 12 aromatic rings. The van der Waals surface area contributed by atoms with Crippen LogP contribution in [0.5, 0.6) is 0 Å². The first-order chi connectivity index (χ1) is 39.6. The minimum atomic E-state index is -0.581. The fourth-order valence-electron chi connectivity index (χ4n) is 12.2. The Morgan fingerprint density at radius 2 is 0.671 bits per heavy atom. The van der Waals surface area contributed by atoms with Gasteiger partial charge in [-0.3, -0.25) is 29.3 Å². The zero-order valence-corrected chi connectivity index (χ0v) is 46.7. The SMILES string of the molecule is O=C1CCCCC1c1cc(F)nc(-c2[c-]ccc3c2oc2ccccc23)c1.O=C1CCCCC1c1cc(F)nc(-c2[c-]ccc3c2oc2ccccc23)c1.O=C1CCCCC1c1cc(F)nc(-c2[c-]ccc3c2oc2ccccc23)c1.[Ir+3]. The normalized spacial score (nSPS) is 17.5. The number of ketones is 3. The van der Waals surface area contributed by atoms with E-state index in [1.165, 1.54) is 18.2 Å². The molecule has 0 saturated heterocycles. The molecule has 15 rings (SSSR count). The van der Waals surface area contributed by atoms with Gasteiger partial charge >= 0.3 is 20.1 Å². The zero-order chi connectivity index (χ0) is 55.1. The maximum atomic E-state index is 14.3. The van der Waals surface area contributed by atoms with Crippen LogP contribution in [-0.2, 0) is 34.5 Å². The van der Waals surface area contributed by atoms with Crippen molar-refractivity contribution >= 4 is 83.2 Å². The molecule has 9 nitrogen and oxygen atoms in total. The first-order valence-corrected chi connectivity index (χ1v) is 27.7. The quantitative estimate of drug-likeness (QED) is 0.118.